The minimum Gasteiger partial charge on any atom is -0.298 e. The van der Waals surface area contributed by atoms with Gasteiger partial charge in [0.05, 0.1) is 6.42 Å². The van der Waals surface area contributed by atoms with Crippen LogP contribution in [0.15, 0.2) is 24.3 Å². The normalized spacial score (nSPS) is 19.0. The highest BCUT2D eigenvalue weighted by Crippen LogP contribution is 2.31. The summed E-state index contributed by atoms with van der Waals surface area (Å²) in [5.41, 5.74) is 4.46. The first-order chi connectivity index (χ1) is 9.98. The van der Waals surface area contributed by atoms with E-state index in [1.807, 2.05) is 12.1 Å². The number of carbonyl (C=O) groups is 1. The molecule has 0 saturated carbocycles. The van der Waals surface area contributed by atoms with Crippen molar-refractivity contribution in [1.29, 1.82) is 0 Å². The summed E-state index contributed by atoms with van der Waals surface area (Å²) in [4.78, 5) is 13.8. The highest BCUT2D eigenvalue weighted by atomic mass is 32.2. The van der Waals surface area contributed by atoms with Crippen LogP contribution in [0.25, 0.3) is 0 Å². The Hall–Kier alpha value is -1.04. The summed E-state index contributed by atoms with van der Waals surface area (Å²) < 4.78 is 0.397. The van der Waals surface area contributed by atoms with Crippen molar-refractivity contribution in [3.8, 4) is 0 Å². The molecule has 1 amide bonds. The maximum atomic E-state index is 11.2. The fourth-order valence-electron chi connectivity index (χ4n) is 2.48. The van der Waals surface area contributed by atoms with E-state index in [4.69, 9.17) is 5.84 Å². The van der Waals surface area contributed by atoms with Crippen LogP contribution >= 0.6 is 11.8 Å². The third-order valence-corrected chi connectivity index (χ3v) is 5.26. The second-order valence-electron chi connectivity index (χ2n) is 6.20. The summed E-state index contributed by atoms with van der Waals surface area (Å²) in [6, 6.07) is 8.26. The van der Waals surface area contributed by atoms with Crippen LogP contribution in [0.1, 0.15) is 31.4 Å². The predicted octanol–water partition coefficient (Wildman–Crippen LogP) is 1.94. The van der Waals surface area contributed by atoms with E-state index in [1.54, 1.807) is 0 Å². The molecule has 1 heterocycles. The van der Waals surface area contributed by atoms with E-state index in [2.05, 4.69) is 48.1 Å². The van der Waals surface area contributed by atoms with E-state index in [1.165, 1.54) is 17.7 Å². The molecule has 1 saturated heterocycles. The van der Waals surface area contributed by atoms with E-state index in [0.717, 1.165) is 25.2 Å². The fraction of sp³-hybridized carbons (Fsp3) is 0.562. The number of nitrogens with one attached hydrogen (secondary N) is 1. The van der Waals surface area contributed by atoms with Gasteiger partial charge in [0.1, 0.15) is 0 Å². The van der Waals surface area contributed by atoms with Crippen LogP contribution in [-0.2, 0) is 17.8 Å². The molecule has 1 aliphatic heterocycles. The average molecular weight is 307 g/mol. The van der Waals surface area contributed by atoms with Gasteiger partial charge in [-0.3, -0.25) is 15.1 Å². The molecule has 2 rings (SSSR count). The van der Waals surface area contributed by atoms with Gasteiger partial charge in [-0.15, -0.1) is 0 Å². The Bertz CT molecular complexity index is 473. The molecule has 0 spiro atoms. The van der Waals surface area contributed by atoms with Crippen molar-refractivity contribution in [3.05, 3.63) is 35.4 Å². The van der Waals surface area contributed by atoms with Gasteiger partial charge < -0.3 is 0 Å². The Kier molecular flexibility index (Phi) is 5.67. The molecule has 1 aliphatic rings. The van der Waals surface area contributed by atoms with E-state index in [-0.39, 0.29) is 5.91 Å². The molecule has 1 aromatic rings. The van der Waals surface area contributed by atoms with Crippen LogP contribution in [0.2, 0.25) is 0 Å². The van der Waals surface area contributed by atoms with Crippen LogP contribution < -0.4 is 11.3 Å². The van der Waals surface area contributed by atoms with Gasteiger partial charge in [0, 0.05) is 23.6 Å². The Balaban J connectivity index is 1.89. The Morgan fingerprint density at radius 1 is 1.29 bits per heavy atom. The van der Waals surface area contributed by atoms with E-state index >= 15 is 0 Å². The van der Waals surface area contributed by atoms with Gasteiger partial charge in [-0.25, -0.2) is 5.84 Å². The lowest BCUT2D eigenvalue weighted by molar-refractivity contribution is -0.120. The Labute approximate surface area is 131 Å². The summed E-state index contributed by atoms with van der Waals surface area (Å²) in [5, 5.41) is 0. The number of thioether (sulfide) groups is 1. The molecule has 116 valence electrons. The van der Waals surface area contributed by atoms with Crippen molar-refractivity contribution in [2.45, 2.75) is 38.0 Å². The first kappa shape index (κ1) is 16.3. The maximum absolute atomic E-state index is 11.2. The third-order valence-electron chi connectivity index (χ3n) is 3.89. The Morgan fingerprint density at radius 2 is 1.95 bits per heavy atom. The van der Waals surface area contributed by atoms with Crippen LogP contribution in [0.3, 0.4) is 0 Å². The number of benzene rings is 1. The summed E-state index contributed by atoms with van der Waals surface area (Å²) in [6.45, 7) is 7.94. The van der Waals surface area contributed by atoms with Gasteiger partial charge in [-0.1, -0.05) is 38.1 Å². The average Bonchev–Trinajstić information content (AvgIpc) is 2.62. The van der Waals surface area contributed by atoms with Gasteiger partial charge >= 0.3 is 0 Å². The van der Waals surface area contributed by atoms with Crippen molar-refractivity contribution < 1.29 is 4.79 Å². The zero-order chi connectivity index (χ0) is 15.3. The standard InChI is InChI=1S/C16H25N3OS/c1-16(2)7-8-19(9-10-21-16)12-14-5-3-13(4-6-14)11-15(20)18-17/h3-6H,7-12,17H2,1-2H3,(H,18,20). The zero-order valence-corrected chi connectivity index (χ0v) is 13.7. The number of nitrogens with two attached hydrogens (primary N) is 1. The van der Waals surface area contributed by atoms with Crippen molar-refractivity contribution >= 4 is 17.7 Å². The summed E-state index contributed by atoms with van der Waals surface area (Å²) in [6.07, 6.45) is 1.57. The first-order valence-electron chi connectivity index (χ1n) is 7.42. The highest BCUT2D eigenvalue weighted by Gasteiger charge is 2.23. The lowest BCUT2D eigenvalue weighted by Crippen LogP contribution is -2.31. The molecule has 3 N–H and O–H groups in total. The molecule has 4 nitrogen and oxygen atoms in total. The molecule has 21 heavy (non-hydrogen) atoms. The monoisotopic (exact) mass is 307 g/mol. The smallest absolute Gasteiger partial charge is 0.238 e. The van der Waals surface area contributed by atoms with Crippen LogP contribution in [-0.4, -0.2) is 34.4 Å². The summed E-state index contributed by atoms with van der Waals surface area (Å²) >= 11 is 2.07. The number of hydrogen-bond acceptors (Lipinski definition) is 4. The van der Waals surface area contributed by atoms with Crippen LogP contribution in [0.5, 0.6) is 0 Å². The highest BCUT2D eigenvalue weighted by molar-refractivity contribution is 8.00. The van der Waals surface area contributed by atoms with Gasteiger partial charge in [-0.05, 0) is 24.1 Å². The van der Waals surface area contributed by atoms with E-state index in [0.29, 0.717) is 11.2 Å². The van der Waals surface area contributed by atoms with Crippen molar-refractivity contribution in [1.82, 2.24) is 10.3 Å². The molecule has 5 heteroatoms. The number of amides is 1. The lowest BCUT2D eigenvalue weighted by Gasteiger charge is -2.22. The quantitative estimate of drug-likeness (QED) is 0.507. The minimum absolute atomic E-state index is 0.158. The molecule has 1 fully saturated rings. The molecule has 0 radical (unpaired) electrons. The second kappa shape index (κ2) is 7.29. The van der Waals surface area contributed by atoms with Gasteiger partial charge in [0.2, 0.25) is 5.91 Å². The topological polar surface area (TPSA) is 58.4 Å². The number of nitrogens with zero attached hydrogens (tertiary/aromatic N) is 1. The third kappa shape index (κ3) is 5.34. The first-order valence-corrected chi connectivity index (χ1v) is 8.41. The van der Waals surface area contributed by atoms with E-state index in [9.17, 15) is 4.79 Å². The van der Waals surface area contributed by atoms with E-state index < -0.39 is 0 Å². The van der Waals surface area contributed by atoms with Crippen LogP contribution in [0.4, 0.5) is 0 Å². The molecule has 0 unspecified atom stereocenters. The minimum atomic E-state index is -0.158. The second-order valence-corrected chi connectivity index (χ2v) is 8.00. The van der Waals surface area contributed by atoms with Gasteiger partial charge in [0.25, 0.3) is 0 Å². The largest absolute Gasteiger partial charge is 0.298 e. The van der Waals surface area contributed by atoms with Crippen molar-refractivity contribution in [2.75, 3.05) is 18.8 Å². The van der Waals surface area contributed by atoms with Gasteiger partial charge in [-0.2, -0.15) is 11.8 Å². The SMILES string of the molecule is CC1(C)CCN(Cc2ccc(CC(=O)NN)cc2)CCS1. The molecule has 1 aromatic carbocycles. The van der Waals surface area contributed by atoms with Crippen molar-refractivity contribution in [2.24, 2.45) is 5.84 Å². The summed E-state index contributed by atoms with van der Waals surface area (Å²) in [7, 11) is 0. The fourth-order valence-corrected chi connectivity index (χ4v) is 3.62. The molecule has 0 aliphatic carbocycles. The molecular weight excluding hydrogens is 282 g/mol. The predicted molar refractivity (Wildman–Crippen MR) is 88.9 cm³/mol. The number of rotatable bonds is 4. The number of hydrogen-bond donors (Lipinski definition) is 2. The molecule has 0 aromatic heterocycles. The molecular formula is C16H25N3OS. The molecule has 0 atom stereocenters. The maximum Gasteiger partial charge on any atom is 0.238 e. The van der Waals surface area contributed by atoms with Crippen LogP contribution in [0, 0.1) is 0 Å². The summed E-state index contributed by atoms with van der Waals surface area (Å²) in [5.74, 6) is 6.14. The zero-order valence-electron chi connectivity index (χ0n) is 12.9. The number of hydrazine groups is 1. The lowest BCUT2D eigenvalue weighted by atomic mass is 10.1. The Morgan fingerprint density at radius 3 is 2.62 bits per heavy atom. The van der Waals surface area contributed by atoms with Crippen molar-refractivity contribution in [3.63, 3.8) is 0 Å². The molecule has 0 bridgehead atoms. The van der Waals surface area contributed by atoms with Gasteiger partial charge in [0.15, 0.2) is 0 Å². The number of carbonyl (C=O) groups excluding carboxylic acids is 1.